The summed E-state index contributed by atoms with van der Waals surface area (Å²) in [5.41, 5.74) is 4.65. The molecule has 0 aromatic rings. The summed E-state index contributed by atoms with van der Waals surface area (Å²) in [6.45, 7) is 0. The van der Waals surface area contributed by atoms with Crippen LogP contribution in [-0.2, 0) is 4.79 Å². The zero-order chi connectivity index (χ0) is 4.99. The fourth-order valence-electron chi connectivity index (χ4n) is 0.0621. The molecule has 0 aliphatic rings. The van der Waals surface area contributed by atoms with Crippen molar-refractivity contribution in [2.45, 2.75) is 0 Å². The van der Waals surface area contributed by atoms with E-state index in [9.17, 15) is 4.79 Å². The molecule has 3 heteroatoms. The number of rotatable bonds is 1. The Morgan fingerprint density at radius 3 is 2.33 bits per heavy atom. The average Bonchev–Trinajstić information content (AvgIpc) is 1.35. The van der Waals surface area contributed by atoms with Gasteiger partial charge in [0, 0.05) is 6.08 Å². The highest BCUT2D eigenvalue weighted by molar-refractivity contribution is 9.11. The van der Waals surface area contributed by atoms with Crippen LogP contribution in [0.5, 0.6) is 0 Å². The molecule has 1 amide bonds. The van der Waals surface area contributed by atoms with E-state index in [0.717, 1.165) is 0 Å². The number of hydrogen-bond donors (Lipinski definition) is 1. The highest BCUT2D eigenvalue weighted by atomic mass is 79.9. The summed E-state index contributed by atoms with van der Waals surface area (Å²) < 4.78 is 0. The monoisotopic (exact) mass is 149 g/mol. The first kappa shape index (κ1) is 5.69. The Bertz CT molecular complexity index is 78.9. The lowest BCUT2D eigenvalue weighted by Gasteiger charge is -1.69. The normalized spacial score (nSPS) is 9.50. The molecule has 0 rings (SSSR count). The van der Waals surface area contributed by atoms with E-state index in [1.807, 2.05) is 0 Å². The second-order valence-electron chi connectivity index (χ2n) is 0.695. The molecule has 6 heavy (non-hydrogen) atoms. The summed E-state index contributed by atoms with van der Waals surface area (Å²) in [5.74, 6) is -0.438. The first-order valence-electron chi connectivity index (χ1n) is 1.33. The van der Waals surface area contributed by atoms with Gasteiger partial charge >= 0.3 is 0 Å². The Balaban J connectivity index is 3.30. The minimum atomic E-state index is -0.438. The van der Waals surface area contributed by atoms with Crippen LogP contribution in [0.1, 0.15) is 0 Å². The number of nitrogens with two attached hydrogens (primary N) is 1. The molecule has 0 saturated carbocycles. The first-order chi connectivity index (χ1) is 2.77. The van der Waals surface area contributed by atoms with Crippen LogP contribution in [0.15, 0.2) is 11.1 Å². The lowest BCUT2D eigenvalue weighted by molar-refractivity contribution is -0.113. The van der Waals surface area contributed by atoms with Gasteiger partial charge < -0.3 is 5.73 Å². The summed E-state index contributed by atoms with van der Waals surface area (Å²) in [6.07, 6.45) is 1.22. The third-order valence-corrected chi connectivity index (χ3v) is 0.492. The molecular formula is C3H4BrNO. The van der Waals surface area contributed by atoms with Crippen molar-refractivity contribution in [3.8, 4) is 0 Å². The third kappa shape index (κ3) is 3.69. The quantitative estimate of drug-likeness (QED) is 0.539. The van der Waals surface area contributed by atoms with Gasteiger partial charge in [-0.05, 0) is 4.99 Å². The van der Waals surface area contributed by atoms with Crippen LogP contribution < -0.4 is 5.73 Å². The van der Waals surface area contributed by atoms with Crippen molar-refractivity contribution >= 4 is 21.8 Å². The molecule has 0 radical (unpaired) electrons. The van der Waals surface area contributed by atoms with Crippen molar-refractivity contribution in [2.75, 3.05) is 0 Å². The van der Waals surface area contributed by atoms with Crippen LogP contribution in [0.2, 0.25) is 0 Å². The van der Waals surface area contributed by atoms with E-state index in [4.69, 9.17) is 0 Å². The van der Waals surface area contributed by atoms with Crippen molar-refractivity contribution in [2.24, 2.45) is 5.73 Å². The van der Waals surface area contributed by atoms with E-state index in [1.54, 1.807) is 0 Å². The number of primary amides is 1. The molecule has 0 aromatic carbocycles. The predicted octanol–water partition coefficient (Wildman–Crippen LogP) is 0.380. The lowest BCUT2D eigenvalue weighted by Crippen LogP contribution is -2.04. The molecule has 0 aliphatic heterocycles. The standard InChI is InChI=1S/C3H4BrNO/c4-2-1-3(5)6/h1-2H,(H2,5,6)/b2-1-. The van der Waals surface area contributed by atoms with Crippen LogP contribution >= 0.6 is 15.9 Å². The molecule has 34 valence electrons. The maximum absolute atomic E-state index is 9.70. The Labute approximate surface area is 44.1 Å². The van der Waals surface area contributed by atoms with E-state index >= 15 is 0 Å². The van der Waals surface area contributed by atoms with Gasteiger partial charge in [-0.2, -0.15) is 0 Å². The zero-order valence-corrected chi connectivity index (χ0v) is 4.60. The maximum Gasteiger partial charge on any atom is 0.241 e. The fourth-order valence-corrected chi connectivity index (χ4v) is 0.323. The smallest absolute Gasteiger partial charge is 0.241 e. The molecule has 0 spiro atoms. The molecule has 0 atom stereocenters. The average molecular weight is 150 g/mol. The van der Waals surface area contributed by atoms with E-state index in [1.165, 1.54) is 11.1 Å². The largest absolute Gasteiger partial charge is 0.366 e. The van der Waals surface area contributed by atoms with Crippen molar-refractivity contribution < 1.29 is 4.79 Å². The Kier molecular flexibility index (Phi) is 2.75. The van der Waals surface area contributed by atoms with Crippen LogP contribution in [0.3, 0.4) is 0 Å². The molecule has 0 bridgehead atoms. The topological polar surface area (TPSA) is 43.1 Å². The predicted molar refractivity (Wildman–Crippen MR) is 27.3 cm³/mol. The summed E-state index contributed by atoms with van der Waals surface area (Å²) in [7, 11) is 0. The highest BCUT2D eigenvalue weighted by Gasteiger charge is 1.74. The number of carbonyl (C=O) groups is 1. The first-order valence-corrected chi connectivity index (χ1v) is 2.25. The molecule has 0 heterocycles. The minimum absolute atomic E-state index is 0.438. The van der Waals surface area contributed by atoms with E-state index < -0.39 is 5.91 Å². The SMILES string of the molecule is NC(=O)/C=C\Br. The van der Waals surface area contributed by atoms with E-state index in [-0.39, 0.29) is 0 Å². The number of halogens is 1. The van der Waals surface area contributed by atoms with Crippen molar-refractivity contribution in [1.82, 2.24) is 0 Å². The number of carbonyl (C=O) groups excluding carboxylic acids is 1. The van der Waals surface area contributed by atoms with Gasteiger partial charge in [-0.1, -0.05) is 15.9 Å². The van der Waals surface area contributed by atoms with Gasteiger partial charge in [0.1, 0.15) is 0 Å². The Hall–Kier alpha value is -0.310. The van der Waals surface area contributed by atoms with Crippen molar-refractivity contribution in [1.29, 1.82) is 0 Å². The van der Waals surface area contributed by atoms with E-state index in [2.05, 4.69) is 21.7 Å². The fraction of sp³-hybridized carbons (Fsp3) is 0. The van der Waals surface area contributed by atoms with Gasteiger partial charge in [-0.25, -0.2) is 0 Å². The summed E-state index contributed by atoms with van der Waals surface area (Å²) in [6, 6.07) is 0. The van der Waals surface area contributed by atoms with Crippen molar-refractivity contribution in [3.05, 3.63) is 11.1 Å². The lowest BCUT2D eigenvalue weighted by atomic mass is 10.6. The second kappa shape index (κ2) is 2.90. The third-order valence-electron chi connectivity index (χ3n) is 0.227. The molecule has 0 unspecified atom stereocenters. The van der Waals surface area contributed by atoms with Crippen LogP contribution in [0.4, 0.5) is 0 Å². The van der Waals surface area contributed by atoms with Gasteiger partial charge in [0.15, 0.2) is 0 Å². The molecular weight excluding hydrogens is 146 g/mol. The summed E-state index contributed by atoms with van der Waals surface area (Å²) >= 11 is 2.87. The van der Waals surface area contributed by atoms with Gasteiger partial charge in [-0.3, -0.25) is 4.79 Å². The Morgan fingerprint density at radius 1 is 1.83 bits per heavy atom. The van der Waals surface area contributed by atoms with Crippen LogP contribution in [-0.4, -0.2) is 5.91 Å². The van der Waals surface area contributed by atoms with Crippen molar-refractivity contribution in [3.63, 3.8) is 0 Å². The second-order valence-corrected chi connectivity index (χ2v) is 1.22. The highest BCUT2D eigenvalue weighted by Crippen LogP contribution is 1.78. The molecule has 2 nitrogen and oxygen atoms in total. The molecule has 0 aromatic heterocycles. The van der Waals surface area contributed by atoms with Gasteiger partial charge in [0.05, 0.1) is 0 Å². The zero-order valence-electron chi connectivity index (χ0n) is 3.02. The Morgan fingerprint density at radius 2 is 2.33 bits per heavy atom. The van der Waals surface area contributed by atoms with Crippen LogP contribution in [0.25, 0.3) is 0 Å². The minimum Gasteiger partial charge on any atom is -0.366 e. The molecule has 0 aliphatic carbocycles. The molecule has 0 fully saturated rings. The summed E-state index contributed by atoms with van der Waals surface area (Å²) in [4.78, 5) is 11.1. The number of hydrogen-bond acceptors (Lipinski definition) is 1. The molecule has 2 N–H and O–H groups in total. The number of amides is 1. The van der Waals surface area contributed by atoms with Crippen LogP contribution in [0, 0.1) is 0 Å². The maximum atomic E-state index is 9.70. The van der Waals surface area contributed by atoms with Gasteiger partial charge in [0.25, 0.3) is 0 Å². The van der Waals surface area contributed by atoms with E-state index in [0.29, 0.717) is 0 Å². The summed E-state index contributed by atoms with van der Waals surface area (Å²) in [5, 5.41) is 0. The van der Waals surface area contributed by atoms with Gasteiger partial charge in [-0.15, -0.1) is 0 Å². The molecule has 0 saturated heterocycles. The van der Waals surface area contributed by atoms with Gasteiger partial charge in [0.2, 0.25) is 5.91 Å².